The fraction of sp³-hybridized carbons (Fsp3) is 0.130. The molecule has 0 bridgehead atoms. The second kappa shape index (κ2) is 7.56. The van der Waals surface area contributed by atoms with Crippen molar-refractivity contribution in [1.29, 1.82) is 0 Å². The highest BCUT2D eigenvalue weighted by molar-refractivity contribution is 7.21. The van der Waals surface area contributed by atoms with Gasteiger partial charge in [-0.1, -0.05) is 24.3 Å². The molecule has 1 N–H and O–H groups in total. The van der Waals surface area contributed by atoms with Gasteiger partial charge in [-0.25, -0.2) is 4.98 Å². The van der Waals surface area contributed by atoms with Crippen molar-refractivity contribution in [2.45, 2.75) is 6.42 Å². The molecule has 0 atom stereocenters. The first-order valence-electron chi connectivity index (χ1n) is 9.44. The standard InChI is InChI=1S/C23H18N2O3S/c26-22(15-10-11-19-20(14-15)28-13-5-12-27-19)24-17-7-2-1-6-16(17)23-25-18-8-3-4-9-21(18)29-23/h1-4,6-11,14H,5,12-13H2,(H,24,26). The minimum atomic E-state index is -0.200. The zero-order chi connectivity index (χ0) is 19.6. The molecule has 1 aliphatic rings. The maximum absolute atomic E-state index is 12.9. The predicted molar refractivity (Wildman–Crippen MR) is 115 cm³/mol. The number of carbonyl (C=O) groups is 1. The number of hydrogen-bond donors (Lipinski definition) is 1. The van der Waals surface area contributed by atoms with Gasteiger partial charge in [-0.15, -0.1) is 11.3 Å². The van der Waals surface area contributed by atoms with E-state index in [9.17, 15) is 4.79 Å². The van der Waals surface area contributed by atoms with Crippen molar-refractivity contribution < 1.29 is 14.3 Å². The van der Waals surface area contributed by atoms with Crippen LogP contribution in [0, 0.1) is 0 Å². The number of fused-ring (bicyclic) bond motifs is 2. The number of amides is 1. The van der Waals surface area contributed by atoms with Gasteiger partial charge in [0.05, 0.1) is 29.1 Å². The van der Waals surface area contributed by atoms with Crippen LogP contribution in [-0.4, -0.2) is 24.1 Å². The molecular weight excluding hydrogens is 384 g/mol. The van der Waals surface area contributed by atoms with Crippen LogP contribution < -0.4 is 14.8 Å². The predicted octanol–water partition coefficient (Wildman–Crippen LogP) is 5.38. The molecule has 4 aromatic rings. The summed E-state index contributed by atoms with van der Waals surface area (Å²) in [6.07, 6.45) is 0.825. The molecule has 0 radical (unpaired) electrons. The first-order chi connectivity index (χ1) is 14.3. The van der Waals surface area contributed by atoms with Crippen LogP contribution in [0.25, 0.3) is 20.8 Å². The second-order valence-corrected chi connectivity index (χ2v) is 7.73. The molecule has 3 aromatic carbocycles. The smallest absolute Gasteiger partial charge is 0.255 e. The van der Waals surface area contributed by atoms with Crippen LogP contribution in [0.3, 0.4) is 0 Å². The van der Waals surface area contributed by atoms with Crippen LogP contribution in [0.2, 0.25) is 0 Å². The number of ether oxygens (including phenoxy) is 2. The molecule has 1 aromatic heterocycles. The Kier molecular flexibility index (Phi) is 4.62. The molecule has 5 nitrogen and oxygen atoms in total. The summed E-state index contributed by atoms with van der Waals surface area (Å²) >= 11 is 1.61. The average molecular weight is 402 g/mol. The summed E-state index contributed by atoms with van der Waals surface area (Å²) < 4.78 is 12.5. The van der Waals surface area contributed by atoms with Crippen LogP contribution in [0.15, 0.2) is 66.7 Å². The maximum atomic E-state index is 12.9. The van der Waals surface area contributed by atoms with Gasteiger partial charge in [0.15, 0.2) is 11.5 Å². The van der Waals surface area contributed by atoms with E-state index in [1.807, 2.05) is 42.5 Å². The Hall–Kier alpha value is -3.38. The van der Waals surface area contributed by atoms with E-state index in [1.165, 1.54) is 0 Å². The molecule has 6 heteroatoms. The van der Waals surface area contributed by atoms with Gasteiger partial charge in [-0.2, -0.15) is 0 Å². The van der Waals surface area contributed by atoms with Crippen LogP contribution in [0.1, 0.15) is 16.8 Å². The lowest BCUT2D eigenvalue weighted by atomic mass is 10.1. The number of nitrogens with zero attached hydrogens (tertiary/aromatic N) is 1. The summed E-state index contributed by atoms with van der Waals surface area (Å²) in [6, 6.07) is 21.0. The maximum Gasteiger partial charge on any atom is 0.255 e. The van der Waals surface area contributed by atoms with Crippen molar-refractivity contribution in [3.8, 4) is 22.1 Å². The van der Waals surface area contributed by atoms with Crippen molar-refractivity contribution in [2.75, 3.05) is 18.5 Å². The molecule has 1 aliphatic heterocycles. The number of nitrogens with one attached hydrogen (secondary N) is 1. The number of aromatic nitrogens is 1. The van der Waals surface area contributed by atoms with E-state index in [2.05, 4.69) is 11.4 Å². The second-order valence-electron chi connectivity index (χ2n) is 6.70. The summed E-state index contributed by atoms with van der Waals surface area (Å²) in [7, 11) is 0. The molecule has 2 heterocycles. The number of benzene rings is 3. The highest BCUT2D eigenvalue weighted by Crippen LogP contribution is 2.35. The van der Waals surface area contributed by atoms with Crippen molar-refractivity contribution >= 4 is 33.1 Å². The number of thiazole rings is 1. The highest BCUT2D eigenvalue weighted by Gasteiger charge is 2.16. The van der Waals surface area contributed by atoms with Crippen molar-refractivity contribution in [1.82, 2.24) is 4.98 Å². The zero-order valence-electron chi connectivity index (χ0n) is 15.6. The fourth-order valence-electron chi connectivity index (χ4n) is 3.27. The summed E-state index contributed by atoms with van der Waals surface area (Å²) in [5, 5.41) is 3.90. The Morgan fingerprint density at radius 1 is 0.931 bits per heavy atom. The molecule has 0 fully saturated rings. The summed E-state index contributed by atoms with van der Waals surface area (Å²) in [6.45, 7) is 1.20. The first-order valence-corrected chi connectivity index (χ1v) is 10.3. The van der Waals surface area contributed by atoms with E-state index >= 15 is 0 Å². The normalized spacial score (nSPS) is 13.1. The molecule has 5 rings (SSSR count). The summed E-state index contributed by atoms with van der Waals surface area (Å²) in [5.41, 5.74) is 3.10. The van der Waals surface area contributed by atoms with Gasteiger partial charge in [-0.05, 0) is 42.5 Å². The minimum absolute atomic E-state index is 0.200. The molecule has 144 valence electrons. The Labute approximate surface area is 171 Å². The molecule has 1 amide bonds. The van der Waals surface area contributed by atoms with Crippen LogP contribution in [0.5, 0.6) is 11.5 Å². The summed E-state index contributed by atoms with van der Waals surface area (Å²) in [4.78, 5) is 17.6. The number of para-hydroxylation sites is 2. The molecule has 0 saturated carbocycles. The van der Waals surface area contributed by atoms with Gasteiger partial charge in [0.1, 0.15) is 5.01 Å². The third-order valence-electron chi connectivity index (χ3n) is 4.71. The molecule has 0 spiro atoms. The van der Waals surface area contributed by atoms with E-state index in [0.717, 1.165) is 32.9 Å². The number of carbonyl (C=O) groups excluding carboxylic acids is 1. The molecule has 0 aliphatic carbocycles. The van der Waals surface area contributed by atoms with Gasteiger partial charge in [0.2, 0.25) is 0 Å². The quantitative estimate of drug-likeness (QED) is 0.500. The fourth-order valence-corrected chi connectivity index (χ4v) is 4.27. The van der Waals surface area contributed by atoms with Gasteiger partial charge < -0.3 is 14.8 Å². The SMILES string of the molecule is O=C(Nc1ccccc1-c1nc2ccccc2s1)c1ccc2c(c1)OCCCO2. The monoisotopic (exact) mass is 402 g/mol. The lowest BCUT2D eigenvalue weighted by Gasteiger charge is -2.11. The van der Waals surface area contributed by atoms with Gasteiger partial charge in [0, 0.05) is 17.5 Å². The van der Waals surface area contributed by atoms with Gasteiger partial charge in [0.25, 0.3) is 5.91 Å². The van der Waals surface area contributed by atoms with E-state index in [1.54, 1.807) is 29.5 Å². The third-order valence-corrected chi connectivity index (χ3v) is 5.78. The lowest BCUT2D eigenvalue weighted by Crippen LogP contribution is -2.12. The Bertz CT molecular complexity index is 1170. The van der Waals surface area contributed by atoms with Gasteiger partial charge in [-0.3, -0.25) is 4.79 Å². The largest absolute Gasteiger partial charge is 0.490 e. The van der Waals surface area contributed by atoms with Crippen molar-refractivity contribution in [3.05, 3.63) is 72.3 Å². The molecule has 29 heavy (non-hydrogen) atoms. The Balaban J connectivity index is 1.45. The minimum Gasteiger partial charge on any atom is -0.490 e. The zero-order valence-corrected chi connectivity index (χ0v) is 16.4. The lowest BCUT2D eigenvalue weighted by molar-refractivity contribution is 0.102. The van der Waals surface area contributed by atoms with E-state index < -0.39 is 0 Å². The molecular formula is C23H18N2O3S. The number of anilines is 1. The van der Waals surface area contributed by atoms with E-state index in [-0.39, 0.29) is 5.91 Å². The van der Waals surface area contributed by atoms with Gasteiger partial charge >= 0.3 is 0 Å². The topological polar surface area (TPSA) is 60.5 Å². The average Bonchev–Trinajstić information content (AvgIpc) is 3.04. The van der Waals surface area contributed by atoms with E-state index in [4.69, 9.17) is 14.5 Å². The van der Waals surface area contributed by atoms with Crippen LogP contribution >= 0.6 is 11.3 Å². The van der Waals surface area contributed by atoms with E-state index in [0.29, 0.717) is 30.3 Å². The number of rotatable bonds is 3. The highest BCUT2D eigenvalue weighted by atomic mass is 32.1. The van der Waals surface area contributed by atoms with Crippen LogP contribution in [-0.2, 0) is 0 Å². The molecule has 0 saturated heterocycles. The van der Waals surface area contributed by atoms with Crippen LogP contribution in [0.4, 0.5) is 5.69 Å². The number of hydrogen-bond acceptors (Lipinski definition) is 5. The van der Waals surface area contributed by atoms with Crippen molar-refractivity contribution in [2.24, 2.45) is 0 Å². The third kappa shape index (κ3) is 3.54. The summed E-state index contributed by atoms with van der Waals surface area (Å²) in [5.74, 6) is 1.08. The molecule has 0 unspecified atom stereocenters. The Morgan fingerprint density at radius 3 is 2.62 bits per heavy atom. The Morgan fingerprint density at radius 2 is 1.72 bits per heavy atom. The van der Waals surface area contributed by atoms with Crippen molar-refractivity contribution in [3.63, 3.8) is 0 Å². The first kappa shape index (κ1) is 17.7.